The van der Waals surface area contributed by atoms with Gasteiger partial charge in [0.15, 0.2) is 0 Å². The van der Waals surface area contributed by atoms with Crippen molar-refractivity contribution in [3.8, 4) is 5.75 Å². The first kappa shape index (κ1) is 12.2. The first-order valence-corrected chi connectivity index (χ1v) is 6.79. The zero-order chi connectivity index (χ0) is 13.1. The van der Waals surface area contributed by atoms with Gasteiger partial charge in [0.1, 0.15) is 5.75 Å². The van der Waals surface area contributed by atoms with Crippen molar-refractivity contribution in [2.45, 2.75) is 18.9 Å². The Morgan fingerprint density at radius 3 is 2.74 bits per heavy atom. The molecule has 0 saturated carbocycles. The molecule has 0 aliphatic heterocycles. The molecule has 0 bridgehead atoms. The van der Waals surface area contributed by atoms with Gasteiger partial charge >= 0.3 is 0 Å². The highest BCUT2D eigenvalue weighted by atomic mass is 16.5. The van der Waals surface area contributed by atoms with E-state index in [-0.39, 0.29) is 0 Å². The Morgan fingerprint density at radius 1 is 1.11 bits per heavy atom. The first-order valence-electron chi connectivity index (χ1n) is 6.79. The van der Waals surface area contributed by atoms with Gasteiger partial charge in [0, 0.05) is 24.6 Å². The van der Waals surface area contributed by atoms with Crippen molar-refractivity contribution in [2.75, 3.05) is 13.7 Å². The molecule has 0 radical (unpaired) electrons. The van der Waals surface area contributed by atoms with Gasteiger partial charge in [-0.15, -0.1) is 0 Å². The van der Waals surface area contributed by atoms with E-state index < -0.39 is 0 Å². The SMILES string of the molecule is COc1ccccc1CNCC1Cc2ccccc21. The van der Waals surface area contributed by atoms with E-state index in [0.29, 0.717) is 5.92 Å². The predicted molar refractivity (Wildman–Crippen MR) is 77.6 cm³/mol. The number of fused-ring (bicyclic) bond motifs is 1. The summed E-state index contributed by atoms with van der Waals surface area (Å²) in [4.78, 5) is 0. The van der Waals surface area contributed by atoms with E-state index in [1.807, 2.05) is 12.1 Å². The van der Waals surface area contributed by atoms with Crippen LogP contribution in [-0.4, -0.2) is 13.7 Å². The summed E-state index contributed by atoms with van der Waals surface area (Å²) in [5.41, 5.74) is 4.24. The van der Waals surface area contributed by atoms with Gasteiger partial charge in [0.25, 0.3) is 0 Å². The van der Waals surface area contributed by atoms with Crippen LogP contribution in [0.25, 0.3) is 0 Å². The van der Waals surface area contributed by atoms with Crippen molar-refractivity contribution in [2.24, 2.45) is 0 Å². The molecule has 1 aliphatic carbocycles. The Bertz CT molecular complexity index is 565. The third-order valence-electron chi connectivity index (χ3n) is 3.86. The van der Waals surface area contributed by atoms with Crippen LogP contribution in [-0.2, 0) is 13.0 Å². The van der Waals surface area contributed by atoms with Gasteiger partial charge in [-0.05, 0) is 23.6 Å². The normalized spacial score (nSPS) is 16.6. The van der Waals surface area contributed by atoms with Crippen LogP contribution in [0.2, 0.25) is 0 Å². The fraction of sp³-hybridized carbons (Fsp3) is 0.294. The van der Waals surface area contributed by atoms with Crippen molar-refractivity contribution >= 4 is 0 Å². The van der Waals surface area contributed by atoms with Crippen LogP contribution in [0.5, 0.6) is 5.75 Å². The maximum absolute atomic E-state index is 5.36. The molecule has 19 heavy (non-hydrogen) atoms. The third kappa shape index (κ3) is 2.49. The number of benzene rings is 2. The Hall–Kier alpha value is -1.80. The highest BCUT2D eigenvalue weighted by Crippen LogP contribution is 2.34. The molecule has 0 amide bonds. The summed E-state index contributed by atoms with van der Waals surface area (Å²) in [7, 11) is 1.72. The van der Waals surface area contributed by atoms with Crippen molar-refractivity contribution in [1.82, 2.24) is 5.32 Å². The number of methoxy groups -OCH3 is 1. The standard InChI is InChI=1S/C17H19NO/c1-19-17-9-5-3-7-14(17)11-18-12-15-10-13-6-2-4-8-16(13)15/h2-9,15,18H,10-12H2,1H3. The van der Waals surface area contributed by atoms with Crippen LogP contribution >= 0.6 is 0 Å². The number of nitrogens with one attached hydrogen (secondary N) is 1. The van der Waals surface area contributed by atoms with E-state index in [1.54, 1.807) is 7.11 Å². The lowest BCUT2D eigenvalue weighted by atomic mass is 9.77. The molecule has 2 heteroatoms. The molecule has 0 spiro atoms. The van der Waals surface area contributed by atoms with Gasteiger partial charge in [-0.25, -0.2) is 0 Å². The van der Waals surface area contributed by atoms with E-state index in [2.05, 4.69) is 41.7 Å². The second-order valence-electron chi connectivity index (χ2n) is 5.04. The third-order valence-corrected chi connectivity index (χ3v) is 3.86. The van der Waals surface area contributed by atoms with Crippen LogP contribution in [0.15, 0.2) is 48.5 Å². The first-order chi connectivity index (χ1) is 9.38. The summed E-state index contributed by atoms with van der Waals surface area (Å²) in [5.74, 6) is 1.63. The summed E-state index contributed by atoms with van der Waals surface area (Å²) in [6.45, 7) is 1.90. The summed E-state index contributed by atoms with van der Waals surface area (Å²) >= 11 is 0. The number of rotatable bonds is 5. The highest BCUT2D eigenvalue weighted by Gasteiger charge is 2.24. The summed E-state index contributed by atoms with van der Waals surface area (Å²) < 4.78 is 5.36. The molecule has 0 heterocycles. The number of ether oxygens (including phenoxy) is 1. The largest absolute Gasteiger partial charge is 0.496 e. The maximum Gasteiger partial charge on any atom is 0.123 e. The Morgan fingerprint density at radius 2 is 1.89 bits per heavy atom. The minimum Gasteiger partial charge on any atom is -0.496 e. The lowest BCUT2D eigenvalue weighted by Crippen LogP contribution is -2.28. The van der Waals surface area contributed by atoms with E-state index in [9.17, 15) is 0 Å². The van der Waals surface area contributed by atoms with Crippen LogP contribution in [0.1, 0.15) is 22.6 Å². The Balaban J connectivity index is 1.55. The lowest BCUT2D eigenvalue weighted by Gasteiger charge is -2.30. The smallest absolute Gasteiger partial charge is 0.123 e. The summed E-state index contributed by atoms with van der Waals surface area (Å²) in [6, 6.07) is 16.9. The second kappa shape index (κ2) is 5.45. The Kier molecular flexibility index (Phi) is 3.51. The van der Waals surface area contributed by atoms with Gasteiger partial charge in [-0.3, -0.25) is 0 Å². The molecule has 1 unspecified atom stereocenters. The molecule has 0 fully saturated rings. The molecule has 3 rings (SSSR count). The van der Waals surface area contributed by atoms with Gasteiger partial charge in [-0.2, -0.15) is 0 Å². The summed E-state index contributed by atoms with van der Waals surface area (Å²) in [6.07, 6.45) is 1.20. The molecule has 1 atom stereocenters. The molecular weight excluding hydrogens is 234 g/mol. The lowest BCUT2D eigenvalue weighted by molar-refractivity contribution is 0.406. The zero-order valence-electron chi connectivity index (χ0n) is 11.2. The quantitative estimate of drug-likeness (QED) is 0.884. The number of hydrogen-bond acceptors (Lipinski definition) is 2. The fourth-order valence-corrected chi connectivity index (χ4v) is 2.77. The molecule has 2 nitrogen and oxygen atoms in total. The molecule has 0 aromatic heterocycles. The van der Waals surface area contributed by atoms with Crippen LogP contribution < -0.4 is 10.1 Å². The molecule has 2 aromatic carbocycles. The van der Waals surface area contributed by atoms with Gasteiger partial charge in [0.2, 0.25) is 0 Å². The van der Waals surface area contributed by atoms with Gasteiger partial charge in [0.05, 0.1) is 7.11 Å². The van der Waals surface area contributed by atoms with E-state index >= 15 is 0 Å². The van der Waals surface area contributed by atoms with Crippen molar-refractivity contribution in [3.05, 3.63) is 65.2 Å². The molecule has 1 aliphatic rings. The predicted octanol–water partition coefficient (Wildman–Crippen LogP) is 3.12. The average Bonchev–Trinajstić information content (AvgIpc) is 2.44. The fourth-order valence-electron chi connectivity index (χ4n) is 2.77. The topological polar surface area (TPSA) is 21.3 Å². The highest BCUT2D eigenvalue weighted by molar-refractivity contribution is 5.40. The van der Waals surface area contributed by atoms with Crippen LogP contribution in [0, 0.1) is 0 Å². The van der Waals surface area contributed by atoms with E-state index in [1.165, 1.54) is 23.1 Å². The average molecular weight is 253 g/mol. The van der Waals surface area contributed by atoms with Crippen LogP contribution in [0.3, 0.4) is 0 Å². The second-order valence-corrected chi connectivity index (χ2v) is 5.04. The molecular formula is C17H19NO. The van der Waals surface area contributed by atoms with Crippen LogP contribution in [0.4, 0.5) is 0 Å². The molecule has 0 saturated heterocycles. The summed E-state index contributed by atoms with van der Waals surface area (Å²) in [5, 5.41) is 3.54. The number of para-hydroxylation sites is 1. The maximum atomic E-state index is 5.36. The number of hydrogen-bond donors (Lipinski definition) is 1. The zero-order valence-corrected chi connectivity index (χ0v) is 11.2. The van der Waals surface area contributed by atoms with Crippen molar-refractivity contribution in [3.63, 3.8) is 0 Å². The molecule has 2 aromatic rings. The van der Waals surface area contributed by atoms with Crippen molar-refractivity contribution < 1.29 is 4.74 Å². The minimum atomic E-state index is 0.672. The molecule has 98 valence electrons. The van der Waals surface area contributed by atoms with E-state index in [4.69, 9.17) is 4.74 Å². The van der Waals surface area contributed by atoms with E-state index in [0.717, 1.165) is 18.8 Å². The monoisotopic (exact) mass is 253 g/mol. The Labute approximate surface area is 114 Å². The van der Waals surface area contributed by atoms with Gasteiger partial charge < -0.3 is 10.1 Å². The molecule has 1 N–H and O–H groups in total. The van der Waals surface area contributed by atoms with Gasteiger partial charge in [-0.1, -0.05) is 42.5 Å². The minimum absolute atomic E-state index is 0.672. The van der Waals surface area contributed by atoms with Crippen molar-refractivity contribution in [1.29, 1.82) is 0 Å².